The summed E-state index contributed by atoms with van der Waals surface area (Å²) in [6.45, 7) is 6.20. The van der Waals surface area contributed by atoms with Crippen LogP contribution in [0.4, 0.5) is 5.69 Å². The Morgan fingerprint density at radius 1 is 1.10 bits per heavy atom. The highest BCUT2D eigenvalue weighted by molar-refractivity contribution is 7.80. The predicted octanol–water partition coefficient (Wildman–Crippen LogP) is 3.93. The third kappa shape index (κ3) is 4.39. The van der Waals surface area contributed by atoms with Crippen LogP contribution in [0.15, 0.2) is 47.6 Å². The van der Waals surface area contributed by atoms with Crippen LogP contribution in [0, 0.1) is 20.8 Å². The number of thiocarbonyl (C=S) groups is 1. The Morgan fingerprint density at radius 2 is 1.86 bits per heavy atom. The predicted molar refractivity (Wildman–Crippen MR) is 94.0 cm³/mol. The van der Waals surface area contributed by atoms with Crippen molar-refractivity contribution in [2.24, 2.45) is 5.10 Å². The first-order valence-corrected chi connectivity index (χ1v) is 7.20. The highest BCUT2D eigenvalue weighted by Gasteiger charge is 2.01. The Hall–Kier alpha value is -2.20. The molecule has 0 aromatic heterocycles. The Bertz CT molecular complexity index is 677. The van der Waals surface area contributed by atoms with Crippen molar-refractivity contribution in [3.8, 4) is 0 Å². The van der Waals surface area contributed by atoms with Crippen LogP contribution in [0.25, 0.3) is 0 Å². The SMILES string of the molecule is Cc1cccc(C=NNC(=S)Nc2cccc(C)c2C)c1. The molecule has 0 heterocycles. The molecule has 4 heteroatoms. The van der Waals surface area contributed by atoms with Crippen molar-refractivity contribution in [2.45, 2.75) is 20.8 Å². The van der Waals surface area contributed by atoms with E-state index in [9.17, 15) is 0 Å². The van der Waals surface area contributed by atoms with E-state index in [1.165, 1.54) is 16.7 Å². The first-order valence-electron chi connectivity index (χ1n) is 6.79. The number of nitrogens with zero attached hydrogens (tertiary/aromatic N) is 1. The molecule has 0 saturated heterocycles. The highest BCUT2D eigenvalue weighted by Crippen LogP contribution is 2.17. The van der Waals surface area contributed by atoms with E-state index in [1.54, 1.807) is 6.21 Å². The van der Waals surface area contributed by atoms with Gasteiger partial charge in [-0.1, -0.05) is 42.0 Å². The third-order valence-corrected chi connectivity index (χ3v) is 3.47. The lowest BCUT2D eigenvalue weighted by Crippen LogP contribution is -2.24. The fraction of sp³-hybridized carbons (Fsp3) is 0.176. The van der Waals surface area contributed by atoms with Crippen LogP contribution < -0.4 is 10.7 Å². The van der Waals surface area contributed by atoms with Gasteiger partial charge in [-0.15, -0.1) is 0 Å². The number of hydrazone groups is 1. The molecule has 0 saturated carbocycles. The average Bonchev–Trinajstić information content (AvgIpc) is 2.44. The van der Waals surface area contributed by atoms with Crippen molar-refractivity contribution < 1.29 is 0 Å². The van der Waals surface area contributed by atoms with Gasteiger partial charge in [-0.05, 0) is 55.7 Å². The van der Waals surface area contributed by atoms with E-state index in [0.717, 1.165) is 11.3 Å². The molecule has 0 atom stereocenters. The molecule has 0 radical (unpaired) electrons. The number of anilines is 1. The molecule has 2 N–H and O–H groups in total. The maximum atomic E-state index is 5.24. The van der Waals surface area contributed by atoms with E-state index in [0.29, 0.717) is 5.11 Å². The zero-order chi connectivity index (χ0) is 15.2. The number of nitrogens with one attached hydrogen (secondary N) is 2. The molecule has 3 nitrogen and oxygen atoms in total. The monoisotopic (exact) mass is 297 g/mol. The molecule has 0 fully saturated rings. The average molecular weight is 297 g/mol. The van der Waals surface area contributed by atoms with Crippen LogP contribution in [-0.2, 0) is 0 Å². The number of benzene rings is 2. The molecule has 0 bridgehead atoms. The van der Waals surface area contributed by atoms with Gasteiger partial charge in [0.15, 0.2) is 5.11 Å². The summed E-state index contributed by atoms with van der Waals surface area (Å²) < 4.78 is 0. The summed E-state index contributed by atoms with van der Waals surface area (Å²) in [5.74, 6) is 0. The second-order valence-corrected chi connectivity index (χ2v) is 5.39. The Morgan fingerprint density at radius 3 is 2.62 bits per heavy atom. The molecule has 0 aliphatic heterocycles. The van der Waals surface area contributed by atoms with E-state index in [1.807, 2.05) is 24.3 Å². The smallest absolute Gasteiger partial charge is 0.191 e. The minimum atomic E-state index is 0.479. The standard InChI is InChI=1S/C17H19N3S/c1-12-6-4-8-15(10-12)11-18-20-17(21)19-16-9-5-7-13(2)14(16)3/h4-11H,1-3H3,(H2,19,20,21). The second kappa shape index (κ2) is 6.99. The van der Waals surface area contributed by atoms with E-state index in [2.05, 4.69) is 54.8 Å². The van der Waals surface area contributed by atoms with Crippen LogP contribution in [0.5, 0.6) is 0 Å². The lowest BCUT2D eigenvalue weighted by atomic mass is 10.1. The van der Waals surface area contributed by atoms with Gasteiger partial charge in [-0.3, -0.25) is 5.43 Å². The van der Waals surface area contributed by atoms with Crippen LogP contribution in [0.1, 0.15) is 22.3 Å². The summed E-state index contributed by atoms with van der Waals surface area (Å²) >= 11 is 5.24. The van der Waals surface area contributed by atoms with Crippen molar-refractivity contribution in [3.05, 3.63) is 64.7 Å². The lowest BCUT2D eigenvalue weighted by molar-refractivity contribution is 1.05. The van der Waals surface area contributed by atoms with Crippen molar-refractivity contribution in [3.63, 3.8) is 0 Å². The van der Waals surface area contributed by atoms with Crippen LogP contribution in [0.2, 0.25) is 0 Å². The summed E-state index contributed by atoms with van der Waals surface area (Å²) in [7, 11) is 0. The minimum absolute atomic E-state index is 0.479. The van der Waals surface area contributed by atoms with Gasteiger partial charge in [-0.2, -0.15) is 5.10 Å². The fourth-order valence-electron chi connectivity index (χ4n) is 1.95. The molecule has 0 aliphatic carbocycles. The second-order valence-electron chi connectivity index (χ2n) is 4.99. The molecular formula is C17H19N3S. The summed E-state index contributed by atoms with van der Waals surface area (Å²) in [4.78, 5) is 0. The molecule has 0 amide bonds. The van der Waals surface area contributed by atoms with Crippen molar-refractivity contribution in [2.75, 3.05) is 5.32 Å². The van der Waals surface area contributed by atoms with Crippen molar-refractivity contribution in [1.29, 1.82) is 0 Å². The number of hydrogen-bond donors (Lipinski definition) is 2. The number of rotatable bonds is 3. The molecule has 0 unspecified atom stereocenters. The highest BCUT2D eigenvalue weighted by atomic mass is 32.1. The first-order chi connectivity index (χ1) is 10.1. The molecular weight excluding hydrogens is 278 g/mol. The molecule has 0 aliphatic rings. The summed E-state index contributed by atoms with van der Waals surface area (Å²) in [5.41, 5.74) is 8.49. The molecule has 2 rings (SSSR count). The zero-order valence-electron chi connectivity index (χ0n) is 12.5. The first kappa shape index (κ1) is 15.2. The van der Waals surface area contributed by atoms with Crippen LogP contribution in [0.3, 0.4) is 0 Å². The number of hydrogen-bond acceptors (Lipinski definition) is 2. The quantitative estimate of drug-likeness (QED) is 0.512. The van der Waals surface area contributed by atoms with Crippen molar-refractivity contribution in [1.82, 2.24) is 5.43 Å². The van der Waals surface area contributed by atoms with Crippen molar-refractivity contribution >= 4 is 29.2 Å². The number of aryl methyl sites for hydroxylation is 2. The minimum Gasteiger partial charge on any atom is -0.331 e. The van der Waals surface area contributed by atoms with Gasteiger partial charge in [-0.25, -0.2) is 0 Å². The van der Waals surface area contributed by atoms with Gasteiger partial charge in [0.25, 0.3) is 0 Å². The van der Waals surface area contributed by atoms with Gasteiger partial charge in [0.1, 0.15) is 0 Å². The Labute approximate surface area is 131 Å². The Balaban J connectivity index is 1.95. The summed E-state index contributed by atoms with van der Waals surface area (Å²) in [6, 6.07) is 14.2. The van der Waals surface area contributed by atoms with Gasteiger partial charge < -0.3 is 5.32 Å². The summed E-state index contributed by atoms with van der Waals surface area (Å²) in [6.07, 6.45) is 1.75. The van der Waals surface area contributed by atoms with Gasteiger partial charge >= 0.3 is 0 Å². The van der Waals surface area contributed by atoms with Gasteiger partial charge in [0, 0.05) is 5.69 Å². The molecule has 0 spiro atoms. The van der Waals surface area contributed by atoms with E-state index < -0.39 is 0 Å². The zero-order valence-corrected chi connectivity index (χ0v) is 13.3. The molecule has 2 aromatic rings. The lowest BCUT2D eigenvalue weighted by Gasteiger charge is -2.11. The van der Waals surface area contributed by atoms with E-state index in [-0.39, 0.29) is 0 Å². The molecule has 108 valence electrons. The maximum Gasteiger partial charge on any atom is 0.191 e. The normalized spacial score (nSPS) is 10.6. The fourth-order valence-corrected chi connectivity index (χ4v) is 2.12. The summed E-state index contributed by atoms with van der Waals surface area (Å²) in [5, 5.41) is 7.79. The van der Waals surface area contributed by atoms with Gasteiger partial charge in [0.05, 0.1) is 6.21 Å². The van der Waals surface area contributed by atoms with E-state index >= 15 is 0 Å². The molecule has 21 heavy (non-hydrogen) atoms. The maximum absolute atomic E-state index is 5.24. The molecule has 2 aromatic carbocycles. The Kier molecular flexibility index (Phi) is 5.06. The van der Waals surface area contributed by atoms with Crippen LogP contribution >= 0.6 is 12.2 Å². The topological polar surface area (TPSA) is 36.4 Å². The van der Waals surface area contributed by atoms with E-state index in [4.69, 9.17) is 12.2 Å². The largest absolute Gasteiger partial charge is 0.331 e. The van der Waals surface area contributed by atoms with Gasteiger partial charge in [0.2, 0.25) is 0 Å². The third-order valence-electron chi connectivity index (χ3n) is 3.27. The van der Waals surface area contributed by atoms with Crippen LogP contribution in [-0.4, -0.2) is 11.3 Å².